The molecule has 0 saturated carbocycles. The van der Waals surface area contributed by atoms with Crippen LogP contribution >= 0.6 is 0 Å². The average molecular weight is 187 g/mol. The highest BCUT2D eigenvalue weighted by molar-refractivity contribution is 5.87. The molecule has 0 unspecified atom stereocenters. The molecule has 0 aromatic heterocycles. The van der Waals surface area contributed by atoms with Gasteiger partial charge in [-0.2, -0.15) is 0 Å². The highest BCUT2D eigenvalue weighted by atomic mass is 16.2. The van der Waals surface area contributed by atoms with Gasteiger partial charge in [0.25, 0.3) is 0 Å². The number of nitrogens with one attached hydrogen (secondary N) is 1. The van der Waals surface area contributed by atoms with Crippen LogP contribution in [0.5, 0.6) is 0 Å². The van der Waals surface area contributed by atoms with Crippen LogP contribution in [-0.4, -0.2) is 29.5 Å². The van der Waals surface area contributed by atoms with Gasteiger partial charge in [0, 0.05) is 6.54 Å². The molecule has 0 aromatic rings. The van der Waals surface area contributed by atoms with E-state index in [0.29, 0.717) is 0 Å². The number of rotatable bonds is 5. The molecule has 0 heterocycles. The van der Waals surface area contributed by atoms with E-state index in [9.17, 15) is 9.59 Å². The van der Waals surface area contributed by atoms with E-state index in [0.717, 1.165) is 6.26 Å². The van der Waals surface area contributed by atoms with Crippen molar-refractivity contribution in [2.24, 2.45) is 11.5 Å². The maximum Gasteiger partial charge on any atom is 0.237 e. The van der Waals surface area contributed by atoms with Crippen molar-refractivity contribution < 1.29 is 14.7 Å². The van der Waals surface area contributed by atoms with E-state index < -0.39 is 17.9 Å². The fourth-order valence-corrected chi connectivity index (χ4v) is 0.653. The third kappa shape index (κ3) is 5.68. The van der Waals surface area contributed by atoms with Gasteiger partial charge in [-0.3, -0.25) is 9.59 Å². The van der Waals surface area contributed by atoms with E-state index >= 15 is 0 Å². The minimum Gasteiger partial charge on any atom is -0.516 e. The molecule has 0 aliphatic heterocycles. The Morgan fingerprint density at radius 1 is 1.54 bits per heavy atom. The molecule has 0 aliphatic rings. The van der Waals surface area contributed by atoms with Crippen molar-refractivity contribution in [3.8, 4) is 0 Å². The number of amides is 2. The van der Waals surface area contributed by atoms with Gasteiger partial charge in [0.05, 0.1) is 18.7 Å². The summed E-state index contributed by atoms with van der Waals surface area (Å²) in [6, 6.07) is -0.926. The summed E-state index contributed by atoms with van der Waals surface area (Å²) in [5.41, 5.74) is 10.1. The van der Waals surface area contributed by atoms with Crippen LogP contribution in [0.15, 0.2) is 12.3 Å². The smallest absolute Gasteiger partial charge is 0.237 e. The molecule has 0 radical (unpaired) electrons. The normalized spacial score (nSPS) is 12.7. The first-order valence-electron chi connectivity index (χ1n) is 3.68. The number of hydrogen-bond donors (Lipinski definition) is 4. The number of aliphatic hydroxyl groups is 1. The second-order valence-electron chi connectivity index (χ2n) is 2.41. The lowest BCUT2D eigenvalue weighted by atomic mass is 10.2. The van der Waals surface area contributed by atoms with Crippen LogP contribution in [0.2, 0.25) is 0 Å². The van der Waals surface area contributed by atoms with E-state index in [1.807, 2.05) is 0 Å². The van der Waals surface area contributed by atoms with Crippen LogP contribution in [0.4, 0.5) is 0 Å². The van der Waals surface area contributed by atoms with Crippen molar-refractivity contribution in [3.05, 3.63) is 12.3 Å². The number of carbonyl (C=O) groups is 2. The van der Waals surface area contributed by atoms with Crippen molar-refractivity contribution in [2.75, 3.05) is 6.54 Å². The standard InChI is InChI=1S/C7H13N3O3/c8-5(4-6(9)12)7(13)10-2-1-3-11/h1,3,5,11H,2,4,8H2,(H2,9,12)(H,10,13)/t5-/m0/s1. The van der Waals surface area contributed by atoms with Crippen LogP contribution < -0.4 is 16.8 Å². The average Bonchev–Trinajstić information content (AvgIpc) is 2.03. The molecular weight excluding hydrogens is 174 g/mol. The lowest BCUT2D eigenvalue weighted by Crippen LogP contribution is -2.42. The summed E-state index contributed by atoms with van der Waals surface area (Å²) in [5.74, 6) is -1.10. The minimum absolute atomic E-state index is 0.168. The van der Waals surface area contributed by atoms with Gasteiger partial charge < -0.3 is 21.9 Å². The van der Waals surface area contributed by atoms with E-state index in [-0.39, 0.29) is 13.0 Å². The van der Waals surface area contributed by atoms with Gasteiger partial charge in [-0.05, 0) is 6.08 Å². The quantitative estimate of drug-likeness (QED) is 0.386. The molecule has 74 valence electrons. The molecule has 0 aromatic carbocycles. The number of nitrogens with two attached hydrogens (primary N) is 2. The Morgan fingerprint density at radius 2 is 2.15 bits per heavy atom. The summed E-state index contributed by atoms with van der Waals surface area (Å²) in [7, 11) is 0. The molecule has 0 saturated heterocycles. The Morgan fingerprint density at radius 3 is 2.62 bits per heavy atom. The van der Waals surface area contributed by atoms with E-state index in [1.54, 1.807) is 0 Å². The van der Waals surface area contributed by atoms with Gasteiger partial charge in [-0.25, -0.2) is 0 Å². The van der Waals surface area contributed by atoms with E-state index in [2.05, 4.69) is 5.32 Å². The SMILES string of the molecule is NC(=O)C[C@H](N)C(=O)NCC=CO. The van der Waals surface area contributed by atoms with Crippen molar-refractivity contribution in [1.82, 2.24) is 5.32 Å². The topological polar surface area (TPSA) is 118 Å². The molecule has 0 bridgehead atoms. The second kappa shape index (κ2) is 6.01. The predicted octanol–water partition coefficient (Wildman–Crippen LogP) is -1.62. The third-order valence-corrected chi connectivity index (χ3v) is 1.26. The number of carbonyl (C=O) groups excluding carboxylic acids is 2. The first-order chi connectivity index (χ1) is 6.07. The number of hydrogen-bond acceptors (Lipinski definition) is 4. The molecule has 0 rings (SSSR count). The van der Waals surface area contributed by atoms with Crippen LogP contribution in [0.25, 0.3) is 0 Å². The lowest BCUT2D eigenvalue weighted by molar-refractivity contribution is -0.126. The lowest BCUT2D eigenvalue weighted by Gasteiger charge is -2.08. The molecule has 0 aliphatic carbocycles. The van der Waals surface area contributed by atoms with Crippen LogP contribution in [-0.2, 0) is 9.59 Å². The molecule has 1 atom stereocenters. The van der Waals surface area contributed by atoms with Gasteiger partial charge in [-0.15, -0.1) is 0 Å². The summed E-state index contributed by atoms with van der Waals surface area (Å²) in [6.45, 7) is 0.168. The highest BCUT2D eigenvalue weighted by Gasteiger charge is 2.14. The van der Waals surface area contributed by atoms with Crippen LogP contribution in [0.1, 0.15) is 6.42 Å². The van der Waals surface area contributed by atoms with E-state index in [4.69, 9.17) is 16.6 Å². The Hall–Kier alpha value is -1.56. The number of primary amides is 1. The molecule has 6 heteroatoms. The van der Waals surface area contributed by atoms with Crippen molar-refractivity contribution in [1.29, 1.82) is 0 Å². The van der Waals surface area contributed by atoms with Gasteiger partial charge >= 0.3 is 0 Å². The molecule has 6 nitrogen and oxygen atoms in total. The number of aliphatic hydroxyl groups excluding tert-OH is 1. The first-order valence-corrected chi connectivity index (χ1v) is 3.68. The minimum atomic E-state index is -0.926. The zero-order valence-electron chi connectivity index (χ0n) is 7.06. The fraction of sp³-hybridized carbons (Fsp3) is 0.429. The van der Waals surface area contributed by atoms with Gasteiger partial charge in [-0.1, -0.05) is 0 Å². The Labute approximate surface area is 75.6 Å². The zero-order valence-corrected chi connectivity index (χ0v) is 7.06. The van der Waals surface area contributed by atoms with Crippen molar-refractivity contribution in [2.45, 2.75) is 12.5 Å². The summed E-state index contributed by atoms with van der Waals surface area (Å²) in [4.78, 5) is 21.3. The van der Waals surface area contributed by atoms with Crippen molar-refractivity contribution >= 4 is 11.8 Å². The molecule has 0 fully saturated rings. The van der Waals surface area contributed by atoms with E-state index in [1.165, 1.54) is 6.08 Å². The Kier molecular flexibility index (Phi) is 5.29. The second-order valence-corrected chi connectivity index (χ2v) is 2.41. The maximum atomic E-state index is 11.0. The van der Waals surface area contributed by atoms with Crippen molar-refractivity contribution in [3.63, 3.8) is 0 Å². The summed E-state index contributed by atoms with van der Waals surface area (Å²) in [5, 5.41) is 10.6. The molecule has 13 heavy (non-hydrogen) atoms. The highest BCUT2D eigenvalue weighted by Crippen LogP contribution is 1.86. The zero-order chi connectivity index (χ0) is 10.3. The third-order valence-electron chi connectivity index (χ3n) is 1.26. The maximum absolute atomic E-state index is 11.0. The Balaban J connectivity index is 3.75. The molecule has 2 amide bonds. The first kappa shape index (κ1) is 11.4. The summed E-state index contributed by atoms with van der Waals surface area (Å²) >= 11 is 0. The van der Waals surface area contributed by atoms with Gasteiger partial charge in [0.2, 0.25) is 11.8 Å². The van der Waals surface area contributed by atoms with Gasteiger partial charge in [0.15, 0.2) is 0 Å². The summed E-state index contributed by atoms with van der Waals surface area (Å²) < 4.78 is 0. The van der Waals surface area contributed by atoms with Crippen LogP contribution in [0, 0.1) is 0 Å². The molecular formula is C7H13N3O3. The van der Waals surface area contributed by atoms with Crippen LogP contribution in [0.3, 0.4) is 0 Å². The Bertz CT molecular complexity index is 215. The largest absolute Gasteiger partial charge is 0.516 e. The summed E-state index contributed by atoms with van der Waals surface area (Å²) in [6.07, 6.45) is 1.95. The monoisotopic (exact) mass is 187 g/mol. The fourth-order valence-electron chi connectivity index (χ4n) is 0.653. The van der Waals surface area contributed by atoms with Gasteiger partial charge in [0.1, 0.15) is 0 Å². The predicted molar refractivity (Wildman–Crippen MR) is 46.6 cm³/mol. The molecule has 6 N–H and O–H groups in total. The molecule has 0 spiro atoms.